The Labute approximate surface area is 156 Å². The van der Waals surface area contributed by atoms with E-state index in [2.05, 4.69) is 14.7 Å². The van der Waals surface area contributed by atoms with Gasteiger partial charge < -0.3 is 11.5 Å². The molecule has 0 spiro atoms. The molecule has 0 aliphatic rings. The molecule has 0 saturated carbocycles. The standard InChI is InChI=1S/C18H17N5O3S/c1-27(25,26)23-12-7-8-15-13(9-12)14(17(24)22-18(19)20)10-16(21-15)11-5-3-2-4-6-11/h2-10,23H,1H3,(H4,19,20,22,24). The fraction of sp³-hybridized carbons (Fsp3) is 0.0556. The smallest absolute Gasteiger partial charge is 0.280 e. The molecule has 0 radical (unpaired) electrons. The zero-order valence-corrected chi connectivity index (χ0v) is 15.2. The molecule has 0 fully saturated rings. The van der Waals surface area contributed by atoms with Gasteiger partial charge in [0.05, 0.1) is 23.0 Å². The van der Waals surface area contributed by atoms with Crippen molar-refractivity contribution in [2.45, 2.75) is 0 Å². The Balaban J connectivity index is 2.25. The number of pyridine rings is 1. The second-order valence-electron chi connectivity index (χ2n) is 5.87. The first-order chi connectivity index (χ1) is 12.7. The molecule has 138 valence electrons. The summed E-state index contributed by atoms with van der Waals surface area (Å²) in [5, 5.41) is 0.429. The molecule has 1 heterocycles. The number of guanidine groups is 1. The van der Waals surface area contributed by atoms with E-state index in [1.807, 2.05) is 30.3 Å². The van der Waals surface area contributed by atoms with Crippen LogP contribution in [0.25, 0.3) is 22.2 Å². The van der Waals surface area contributed by atoms with E-state index in [0.717, 1.165) is 11.8 Å². The van der Waals surface area contributed by atoms with Gasteiger partial charge in [-0.25, -0.2) is 13.4 Å². The lowest BCUT2D eigenvalue weighted by Gasteiger charge is -2.10. The van der Waals surface area contributed by atoms with Crippen molar-refractivity contribution in [3.05, 3.63) is 60.2 Å². The second kappa shape index (κ2) is 7.04. The maximum Gasteiger partial charge on any atom is 0.280 e. The largest absolute Gasteiger partial charge is 0.370 e. The van der Waals surface area contributed by atoms with Crippen molar-refractivity contribution >= 4 is 38.5 Å². The number of aromatic nitrogens is 1. The van der Waals surface area contributed by atoms with E-state index in [9.17, 15) is 13.2 Å². The Morgan fingerprint density at radius 2 is 1.78 bits per heavy atom. The molecule has 5 N–H and O–H groups in total. The Morgan fingerprint density at radius 1 is 1.07 bits per heavy atom. The van der Waals surface area contributed by atoms with Gasteiger partial charge >= 0.3 is 0 Å². The number of fused-ring (bicyclic) bond motifs is 1. The molecule has 3 aromatic rings. The topological polar surface area (TPSA) is 141 Å². The summed E-state index contributed by atoms with van der Waals surface area (Å²) < 4.78 is 25.4. The summed E-state index contributed by atoms with van der Waals surface area (Å²) in [6.45, 7) is 0. The number of sulfonamides is 1. The van der Waals surface area contributed by atoms with Crippen LogP contribution >= 0.6 is 0 Å². The number of nitrogens with zero attached hydrogens (tertiary/aromatic N) is 2. The number of hydrogen-bond donors (Lipinski definition) is 3. The predicted octanol–water partition coefficient (Wildman–Crippen LogP) is 1.69. The molecule has 0 unspecified atom stereocenters. The van der Waals surface area contributed by atoms with Crippen LogP contribution in [0, 0.1) is 0 Å². The number of nitrogens with one attached hydrogen (secondary N) is 1. The summed E-state index contributed by atoms with van der Waals surface area (Å²) in [5.74, 6) is -1.01. The Hall–Kier alpha value is -3.46. The predicted molar refractivity (Wildman–Crippen MR) is 106 cm³/mol. The normalized spacial score (nSPS) is 11.1. The van der Waals surface area contributed by atoms with Crippen LogP contribution in [0.15, 0.2) is 59.6 Å². The van der Waals surface area contributed by atoms with Crippen molar-refractivity contribution in [1.29, 1.82) is 0 Å². The maximum atomic E-state index is 12.5. The molecular weight excluding hydrogens is 366 g/mol. The number of nitrogens with two attached hydrogens (primary N) is 2. The Morgan fingerprint density at radius 3 is 2.41 bits per heavy atom. The monoisotopic (exact) mass is 383 g/mol. The number of hydrogen-bond acceptors (Lipinski definition) is 4. The van der Waals surface area contributed by atoms with E-state index >= 15 is 0 Å². The molecule has 3 rings (SSSR count). The fourth-order valence-electron chi connectivity index (χ4n) is 2.61. The average Bonchev–Trinajstić information content (AvgIpc) is 2.59. The SMILES string of the molecule is CS(=O)(=O)Nc1ccc2nc(-c3ccccc3)cc(C(=O)N=C(N)N)c2c1. The van der Waals surface area contributed by atoms with Crippen LogP contribution in [0.3, 0.4) is 0 Å². The van der Waals surface area contributed by atoms with Crippen LogP contribution in [0.2, 0.25) is 0 Å². The number of carbonyl (C=O) groups excluding carboxylic acids is 1. The minimum absolute atomic E-state index is 0.212. The van der Waals surface area contributed by atoms with Crippen LogP contribution in [0.4, 0.5) is 5.69 Å². The van der Waals surface area contributed by atoms with Gasteiger partial charge in [-0.2, -0.15) is 4.99 Å². The molecule has 0 aliphatic heterocycles. The van der Waals surface area contributed by atoms with Gasteiger partial charge in [0.15, 0.2) is 5.96 Å². The zero-order chi connectivity index (χ0) is 19.6. The quantitative estimate of drug-likeness (QED) is 0.462. The summed E-state index contributed by atoms with van der Waals surface area (Å²) in [6, 6.07) is 15.6. The molecular formula is C18H17N5O3S. The molecule has 8 nitrogen and oxygen atoms in total. The van der Waals surface area contributed by atoms with Crippen LogP contribution < -0.4 is 16.2 Å². The highest BCUT2D eigenvalue weighted by molar-refractivity contribution is 7.92. The van der Waals surface area contributed by atoms with Crippen molar-refractivity contribution in [3.8, 4) is 11.3 Å². The van der Waals surface area contributed by atoms with Crippen LogP contribution in [-0.2, 0) is 10.0 Å². The van der Waals surface area contributed by atoms with Crippen molar-refractivity contribution in [3.63, 3.8) is 0 Å². The maximum absolute atomic E-state index is 12.5. The first kappa shape index (κ1) is 18.3. The number of amides is 1. The van der Waals surface area contributed by atoms with Gasteiger partial charge in [-0.1, -0.05) is 30.3 Å². The van der Waals surface area contributed by atoms with E-state index in [1.165, 1.54) is 6.07 Å². The number of anilines is 1. The van der Waals surface area contributed by atoms with E-state index in [-0.39, 0.29) is 11.5 Å². The molecule has 27 heavy (non-hydrogen) atoms. The van der Waals surface area contributed by atoms with E-state index < -0.39 is 15.9 Å². The molecule has 1 aromatic heterocycles. The third-order valence-electron chi connectivity index (χ3n) is 3.64. The number of rotatable bonds is 4. The Kier molecular flexibility index (Phi) is 4.78. The molecule has 0 saturated heterocycles. The molecule has 0 atom stereocenters. The Bertz CT molecular complexity index is 1150. The lowest BCUT2D eigenvalue weighted by Crippen LogP contribution is -2.24. The molecule has 2 aromatic carbocycles. The van der Waals surface area contributed by atoms with Crippen molar-refractivity contribution in [2.75, 3.05) is 11.0 Å². The third kappa shape index (κ3) is 4.39. The van der Waals surface area contributed by atoms with Crippen molar-refractivity contribution in [2.24, 2.45) is 16.5 Å². The summed E-state index contributed by atoms with van der Waals surface area (Å²) >= 11 is 0. The zero-order valence-electron chi connectivity index (χ0n) is 14.4. The second-order valence-corrected chi connectivity index (χ2v) is 7.62. The first-order valence-corrected chi connectivity index (χ1v) is 9.74. The van der Waals surface area contributed by atoms with Gasteiger partial charge in [0.1, 0.15) is 0 Å². The summed E-state index contributed by atoms with van der Waals surface area (Å²) in [4.78, 5) is 20.7. The molecule has 0 aliphatic carbocycles. The van der Waals surface area contributed by atoms with Gasteiger partial charge in [-0.3, -0.25) is 9.52 Å². The fourth-order valence-corrected chi connectivity index (χ4v) is 3.17. The lowest BCUT2D eigenvalue weighted by atomic mass is 10.0. The molecule has 9 heteroatoms. The summed E-state index contributed by atoms with van der Waals surface area (Å²) in [6.07, 6.45) is 1.04. The van der Waals surface area contributed by atoms with Gasteiger partial charge in [0, 0.05) is 16.6 Å². The molecule has 0 bridgehead atoms. The van der Waals surface area contributed by atoms with Gasteiger partial charge in [0.25, 0.3) is 5.91 Å². The average molecular weight is 383 g/mol. The number of benzene rings is 2. The highest BCUT2D eigenvalue weighted by Gasteiger charge is 2.15. The number of aliphatic imine (C=N–C) groups is 1. The number of carbonyl (C=O) groups is 1. The van der Waals surface area contributed by atoms with Gasteiger partial charge in [0.2, 0.25) is 10.0 Å². The highest BCUT2D eigenvalue weighted by atomic mass is 32.2. The van der Waals surface area contributed by atoms with Crippen LogP contribution in [0.1, 0.15) is 10.4 Å². The minimum atomic E-state index is -3.47. The van der Waals surface area contributed by atoms with E-state index in [4.69, 9.17) is 11.5 Å². The first-order valence-electron chi connectivity index (χ1n) is 7.85. The van der Waals surface area contributed by atoms with Crippen LogP contribution in [-0.4, -0.2) is 31.5 Å². The minimum Gasteiger partial charge on any atom is -0.370 e. The lowest BCUT2D eigenvalue weighted by molar-refractivity contribution is 0.100. The summed E-state index contributed by atoms with van der Waals surface area (Å²) in [7, 11) is -3.47. The third-order valence-corrected chi connectivity index (χ3v) is 4.25. The van der Waals surface area contributed by atoms with Crippen LogP contribution in [0.5, 0.6) is 0 Å². The van der Waals surface area contributed by atoms with Gasteiger partial charge in [-0.15, -0.1) is 0 Å². The van der Waals surface area contributed by atoms with E-state index in [1.54, 1.807) is 18.2 Å². The summed E-state index contributed by atoms with van der Waals surface area (Å²) in [5.41, 5.74) is 13.1. The van der Waals surface area contributed by atoms with Gasteiger partial charge in [-0.05, 0) is 24.3 Å². The molecule has 1 amide bonds. The van der Waals surface area contributed by atoms with Crippen molar-refractivity contribution in [1.82, 2.24) is 4.98 Å². The highest BCUT2D eigenvalue weighted by Crippen LogP contribution is 2.28. The van der Waals surface area contributed by atoms with E-state index in [0.29, 0.717) is 22.3 Å². The van der Waals surface area contributed by atoms with Crippen molar-refractivity contribution < 1.29 is 13.2 Å².